The van der Waals surface area contributed by atoms with Gasteiger partial charge in [0, 0.05) is 6.61 Å². The average Bonchev–Trinajstić information content (AvgIpc) is 2.13. The minimum atomic E-state index is -0.861. The van der Waals surface area contributed by atoms with Gasteiger partial charge in [0.05, 0.1) is 5.92 Å². The van der Waals surface area contributed by atoms with E-state index in [0.717, 1.165) is 0 Å². The number of nitrogens with two attached hydrogens (primary N) is 1. The van der Waals surface area contributed by atoms with Gasteiger partial charge in [-0.1, -0.05) is 0 Å². The molecule has 1 saturated heterocycles. The highest BCUT2D eigenvalue weighted by atomic mass is 16.5. The second kappa shape index (κ2) is 2.33. The van der Waals surface area contributed by atoms with E-state index < -0.39 is 18.1 Å². The molecule has 0 amide bonds. The first-order valence-corrected chi connectivity index (χ1v) is 2.82. The van der Waals surface area contributed by atoms with Crippen LogP contribution in [0.2, 0.25) is 0 Å². The molecule has 1 fully saturated rings. The van der Waals surface area contributed by atoms with Gasteiger partial charge in [0.1, 0.15) is 6.23 Å². The molecule has 0 aromatic carbocycles. The fourth-order valence-electron chi connectivity index (χ4n) is 0.876. The number of carboxylic acids is 1. The summed E-state index contributed by atoms with van der Waals surface area (Å²) in [5.74, 6) is -1.36. The summed E-state index contributed by atoms with van der Waals surface area (Å²) in [6.45, 7) is 0.470. The van der Waals surface area contributed by atoms with Crippen LogP contribution in [0.1, 0.15) is 6.42 Å². The van der Waals surface area contributed by atoms with E-state index in [0.29, 0.717) is 13.0 Å². The van der Waals surface area contributed by atoms with E-state index in [1.54, 1.807) is 0 Å². The Balaban J connectivity index is 2.49. The van der Waals surface area contributed by atoms with Crippen LogP contribution in [0.25, 0.3) is 0 Å². The maximum absolute atomic E-state index is 10.3. The second-order valence-electron chi connectivity index (χ2n) is 2.07. The third-order valence-corrected chi connectivity index (χ3v) is 1.45. The molecular formula is C5H9NO3. The minimum Gasteiger partial charge on any atom is -0.481 e. The van der Waals surface area contributed by atoms with Crippen LogP contribution in [0.15, 0.2) is 0 Å². The van der Waals surface area contributed by atoms with Crippen LogP contribution in [0, 0.1) is 5.92 Å². The molecule has 0 spiro atoms. The van der Waals surface area contributed by atoms with Gasteiger partial charge in [0.25, 0.3) is 0 Å². The van der Waals surface area contributed by atoms with Crippen molar-refractivity contribution in [1.29, 1.82) is 0 Å². The van der Waals surface area contributed by atoms with Crippen molar-refractivity contribution in [3.63, 3.8) is 0 Å². The summed E-state index contributed by atoms with van der Waals surface area (Å²) in [5.41, 5.74) is 5.28. The highest BCUT2D eigenvalue weighted by molar-refractivity contribution is 5.70. The fraction of sp³-hybridized carbons (Fsp3) is 0.800. The first-order chi connectivity index (χ1) is 4.22. The first kappa shape index (κ1) is 6.51. The van der Waals surface area contributed by atoms with Crippen molar-refractivity contribution in [2.45, 2.75) is 12.6 Å². The van der Waals surface area contributed by atoms with E-state index in [-0.39, 0.29) is 0 Å². The third kappa shape index (κ3) is 1.20. The van der Waals surface area contributed by atoms with Gasteiger partial charge in [0.15, 0.2) is 0 Å². The maximum atomic E-state index is 10.3. The predicted octanol–water partition coefficient (Wildman–Crippen LogP) is -0.608. The minimum absolute atomic E-state index is 0.470. The molecule has 0 aliphatic carbocycles. The van der Waals surface area contributed by atoms with Gasteiger partial charge in [-0.05, 0) is 6.42 Å². The first-order valence-electron chi connectivity index (χ1n) is 2.82. The van der Waals surface area contributed by atoms with Gasteiger partial charge >= 0.3 is 5.97 Å². The Morgan fingerprint density at radius 1 is 1.78 bits per heavy atom. The summed E-state index contributed by atoms with van der Waals surface area (Å²) >= 11 is 0. The fourth-order valence-corrected chi connectivity index (χ4v) is 0.876. The highest BCUT2D eigenvalue weighted by Gasteiger charge is 2.30. The number of hydrogen-bond donors (Lipinski definition) is 2. The van der Waals surface area contributed by atoms with Crippen molar-refractivity contribution < 1.29 is 14.6 Å². The molecule has 1 rings (SSSR count). The Morgan fingerprint density at radius 2 is 2.44 bits per heavy atom. The summed E-state index contributed by atoms with van der Waals surface area (Å²) in [6.07, 6.45) is -0.0567. The van der Waals surface area contributed by atoms with Gasteiger partial charge in [-0.15, -0.1) is 0 Å². The molecule has 4 heteroatoms. The summed E-state index contributed by atoms with van der Waals surface area (Å²) < 4.78 is 4.82. The van der Waals surface area contributed by atoms with Crippen LogP contribution in [0.5, 0.6) is 0 Å². The Morgan fingerprint density at radius 3 is 2.67 bits per heavy atom. The van der Waals surface area contributed by atoms with Gasteiger partial charge in [-0.2, -0.15) is 0 Å². The van der Waals surface area contributed by atoms with Crippen molar-refractivity contribution in [2.24, 2.45) is 11.7 Å². The standard InChI is InChI=1S/C5H9NO3/c6-4-3(5(7)8)1-2-9-4/h3-4H,1-2,6H2,(H,7,8)/t3-,4+/m0/s1. The van der Waals surface area contributed by atoms with Crippen LogP contribution >= 0.6 is 0 Å². The monoisotopic (exact) mass is 131 g/mol. The molecule has 0 radical (unpaired) electrons. The molecule has 1 heterocycles. The lowest BCUT2D eigenvalue weighted by Gasteiger charge is -2.06. The summed E-state index contributed by atoms with van der Waals surface area (Å²) in [5, 5.41) is 8.42. The number of ether oxygens (including phenoxy) is 1. The molecule has 9 heavy (non-hydrogen) atoms. The summed E-state index contributed by atoms with van der Waals surface area (Å²) in [4.78, 5) is 10.3. The third-order valence-electron chi connectivity index (χ3n) is 1.45. The Bertz CT molecular complexity index is 125. The SMILES string of the molecule is N[C@@H]1OCC[C@@H]1C(=O)O. The smallest absolute Gasteiger partial charge is 0.310 e. The predicted molar refractivity (Wildman–Crippen MR) is 29.7 cm³/mol. The highest BCUT2D eigenvalue weighted by Crippen LogP contribution is 2.16. The van der Waals surface area contributed by atoms with E-state index in [2.05, 4.69) is 0 Å². The van der Waals surface area contributed by atoms with Crippen molar-refractivity contribution in [1.82, 2.24) is 0 Å². The van der Waals surface area contributed by atoms with Crippen LogP contribution in [-0.2, 0) is 9.53 Å². The number of hydrogen-bond acceptors (Lipinski definition) is 3. The average molecular weight is 131 g/mol. The molecule has 0 aromatic rings. The lowest BCUT2D eigenvalue weighted by atomic mass is 10.1. The van der Waals surface area contributed by atoms with Crippen molar-refractivity contribution in [3.05, 3.63) is 0 Å². The lowest BCUT2D eigenvalue weighted by molar-refractivity contribution is -0.143. The van der Waals surface area contributed by atoms with E-state index >= 15 is 0 Å². The topological polar surface area (TPSA) is 72.5 Å². The van der Waals surface area contributed by atoms with Crippen molar-refractivity contribution >= 4 is 5.97 Å². The molecular weight excluding hydrogens is 122 g/mol. The normalized spacial score (nSPS) is 34.8. The molecule has 0 bridgehead atoms. The number of aliphatic carboxylic acids is 1. The summed E-state index contributed by atoms with van der Waals surface area (Å²) in [6, 6.07) is 0. The number of carbonyl (C=O) groups is 1. The zero-order valence-electron chi connectivity index (χ0n) is 4.91. The Labute approximate surface area is 52.6 Å². The van der Waals surface area contributed by atoms with Crippen LogP contribution in [-0.4, -0.2) is 23.9 Å². The Hall–Kier alpha value is -0.610. The van der Waals surface area contributed by atoms with Crippen LogP contribution in [0.3, 0.4) is 0 Å². The van der Waals surface area contributed by atoms with E-state index in [4.69, 9.17) is 15.6 Å². The van der Waals surface area contributed by atoms with Gasteiger partial charge in [-0.25, -0.2) is 0 Å². The molecule has 4 nitrogen and oxygen atoms in total. The van der Waals surface area contributed by atoms with Gasteiger partial charge in [0.2, 0.25) is 0 Å². The number of rotatable bonds is 1. The molecule has 0 saturated carbocycles. The van der Waals surface area contributed by atoms with Crippen molar-refractivity contribution in [3.8, 4) is 0 Å². The molecule has 1 aliphatic rings. The van der Waals surface area contributed by atoms with Crippen LogP contribution < -0.4 is 5.73 Å². The largest absolute Gasteiger partial charge is 0.481 e. The number of carboxylic acid groups (broad SMARTS) is 1. The lowest BCUT2D eigenvalue weighted by Crippen LogP contribution is -2.31. The van der Waals surface area contributed by atoms with Gasteiger partial charge < -0.3 is 15.6 Å². The van der Waals surface area contributed by atoms with E-state index in [1.165, 1.54) is 0 Å². The molecule has 0 unspecified atom stereocenters. The quantitative estimate of drug-likeness (QED) is 0.498. The zero-order chi connectivity index (χ0) is 6.85. The van der Waals surface area contributed by atoms with Crippen molar-refractivity contribution in [2.75, 3.05) is 6.61 Å². The van der Waals surface area contributed by atoms with E-state index in [9.17, 15) is 4.79 Å². The molecule has 1 aliphatic heterocycles. The summed E-state index contributed by atoms with van der Waals surface area (Å²) in [7, 11) is 0. The molecule has 2 atom stereocenters. The van der Waals surface area contributed by atoms with Gasteiger partial charge in [-0.3, -0.25) is 4.79 Å². The maximum Gasteiger partial charge on any atom is 0.310 e. The molecule has 52 valence electrons. The molecule has 0 aromatic heterocycles. The molecule has 3 N–H and O–H groups in total. The Kier molecular flexibility index (Phi) is 1.68. The zero-order valence-corrected chi connectivity index (χ0v) is 4.91. The van der Waals surface area contributed by atoms with E-state index in [1.807, 2.05) is 0 Å². The van der Waals surface area contributed by atoms with Crippen LogP contribution in [0.4, 0.5) is 0 Å². The second-order valence-corrected chi connectivity index (χ2v) is 2.07.